The zero-order valence-corrected chi connectivity index (χ0v) is 11.7. The van der Waals surface area contributed by atoms with Crippen molar-refractivity contribution in [1.82, 2.24) is 5.32 Å². The molecule has 0 aromatic heterocycles. The Morgan fingerprint density at radius 2 is 2.06 bits per heavy atom. The van der Waals surface area contributed by atoms with Crippen molar-refractivity contribution in [2.75, 3.05) is 13.2 Å². The summed E-state index contributed by atoms with van der Waals surface area (Å²) in [5.74, 6) is 0.632. The highest BCUT2D eigenvalue weighted by Crippen LogP contribution is 2.36. The molecule has 0 aliphatic heterocycles. The molecule has 16 heavy (non-hydrogen) atoms. The maximum absolute atomic E-state index is 6.08. The van der Waals surface area contributed by atoms with Crippen molar-refractivity contribution in [1.29, 1.82) is 0 Å². The van der Waals surface area contributed by atoms with Gasteiger partial charge in [0.15, 0.2) is 0 Å². The summed E-state index contributed by atoms with van der Waals surface area (Å²) in [7, 11) is 0. The van der Waals surface area contributed by atoms with Crippen LogP contribution in [0.4, 0.5) is 0 Å². The Morgan fingerprint density at radius 3 is 2.62 bits per heavy atom. The molecule has 1 aliphatic rings. The molecule has 0 aromatic rings. The highest BCUT2D eigenvalue weighted by molar-refractivity contribution is 4.89. The third-order valence-corrected chi connectivity index (χ3v) is 3.44. The molecule has 1 rings (SSSR count). The van der Waals surface area contributed by atoms with Gasteiger partial charge in [-0.15, -0.1) is 0 Å². The predicted octanol–water partition coefficient (Wildman–Crippen LogP) is 3.22. The first-order valence-corrected chi connectivity index (χ1v) is 6.79. The molecule has 1 aliphatic carbocycles. The lowest BCUT2D eigenvalue weighted by Crippen LogP contribution is -2.47. The molecule has 1 fully saturated rings. The number of ether oxygens (including phenoxy) is 1. The number of nitrogens with one attached hydrogen (secondary N) is 1. The van der Waals surface area contributed by atoms with Crippen molar-refractivity contribution in [3.8, 4) is 0 Å². The SMILES string of the molecule is CCNC1CCC(C)(C)CC1OCC(C)C. The van der Waals surface area contributed by atoms with Crippen LogP contribution in [-0.2, 0) is 4.74 Å². The third-order valence-electron chi connectivity index (χ3n) is 3.44. The van der Waals surface area contributed by atoms with Crippen molar-refractivity contribution < 1.29 is 4.74 Å². The molecule has 0 amide bonds. The summed E-state index contributed by atoms with van der Waals surface area (Å²) in [4.78, 5) is 0. The molecule has 0 heterocycles. The van der Waals surface area contributed by atoms with E-state index in [4.69, 9.17) is 4.74 Å². The van der Waals surface area contributed by atoms with Crippen LogP contribution >= 0.6 is 0 Å². The van der Waals surface area contributed by atoms with Crippen molar-refractivity contribution in [2.45, 2.75) is 66.0 Å². The highest BCUT2D eigenvalue weighted by atomic mass is 16.5. The van der Waals surface area contributed by atoms with E-state index in [0.717, 1.165) is 13.2 Å². The maximum atomic E-state index is 6.08. The van der Waals surface area contributed by atoms with Crippen LogP contribution in [0, 0.1) is 11.3 Å². The summed E-state index contributed by atoms with van der Waals surface area (Å²) in [5.41, 5.74) is 0.452. The largest absolute Gasteiger partial charge is 0.376 e. The monoisotopic (exact) mass is 227 g/mol. The van der Waals surface area contributed by atoms with E-state index < -0.39 is 0 Å². The molecule has 2 unspecified atom stereocenters. The average molecular weight is 227 g/mol. The van der Waals surface area contributed by atoms with Gasteiger partial charge in [-0.05, 0) is 37.1 Å². The molecule has 2 atom stereocenters. The highest BCUT2D eigenvalue weighted by Gasteiger charge is 2.35. The molecule has 2 heteroatoms. The number of hydrogen-bond donors (Lipinski definition) is 1. The van der Waals surface area contributed by atoms with E-state index in [0.29, 0.717) is 23.5 Å². The van der Waals surface area contributed by atoms with E-state index in [1.54, 1.807) is 0 Å². The lowest BCUT2D eigenvalue weighted by Gasteiger charge is -2.41. The summed E-state index contributed by atoms with van der Waals surface area (Å²) in [6.45, 7) is 13.3. The smallest absolute Gasteiger partial charge is 0.0733 e. The van der Waals surface area contributed by atoms with Gasteiger partial charge in [-0.3, -0.25) is 0 Å². The minimum Gasteiger partial charge on any atom is -0.376 e. The summed E-state index contributed by atoms with van der Waals surface area (Å²) < 4.78 is 6.08. The normalized spacial score (nSPS) is 29.6. The lowest BCUT2D eigenvalue weighted by atomic mass is 9.74. The minimum atomic E-state index is 0.408. The van der Waals surface area contributed by atoms with Gasteiger partial charge in [-0.25, -0.2) is 0 Å². The second-order valence-corrected chi connectivity index (χ2v) is 6.34. The molecule has 0 bridgehead atoms. The Balaban J connectivity index is 2.50. The standard InChI is InChI=1S/C14H29NO/c1-6-15-12-7-8-14(4,5)9-13(12)16-10-11(2)3/h11-13,15H,6-10H2,1-5H3. The first-order valence-electron chi connectivity index (χ1n) is 6.79. The van der Waals surface area contributed by atoms with Crippen molar-refractivity contribution in [2.24, 2.45) is 11.3 Å². The second kappa shape index (κ2) is 6.02. The quantitative estimate of drug-likeness (QED) is 0.778. The van der Waals surface area contributed by atoms with Crippen LogP contribution in [0.3, 0.4) is 0 Å². The van der Waals surface area contributed by atoms with Crippen molar-refractivity contribution in [3.63, 3.8) is 0 Å². The minimum absolute atomic E-state index is 0.408. The van der Waals surface area contributed by atoms with Gasteiger partial charge >= 0.3 is 0 Å². The fourth-order valence-corrected chi connectivity index (χ4v) is 2.51. The predicted molar refractivity (Wildman–Crippen MR) is 69.7 cm³/mol. The Bertz CT molecular complexity index is 201. The van der Waals surface area contributed by atoms with Crippen LogP contribution in [0.25, 0.3) is 0 Å². The summed E-state index contributed by atoms with van der Waals surface area (Å²) in [6, 6.07) is 0.566. The first-order chi connectivity index (χ1) is 7.44. The Morgan fingerprint density at radius 1 is 1.38 bits per heavy atom. The second-order valence-electron chi connectivity index (χ2n) is 6.34. The molecular weight excluding hydrogens is 198 g/mol. The molecule has 0 radical (unpaired) electrons. The molecule has 1 saturated carbocycles. The van der Waals surface area contributed by atoms with E-state index in [1.807, 2.05) is 0 Å². The van der Waals surface area contributed by atoms with Crippen LogP contribution < -0.4 is 5.32 Å². The van der Waals surface area contributed by atoms with Gasteiger partial charge in [0, 0.05) is 12.6 Å². The fourth-order valence-electron chi connectivity index (χ4n) is 2.51. The van der Waals surface area contributed by atoms with Crippen LogP contribution in [0.2, 0.25) is 0 Å². The van der Waals surface area contributed by atoms with E-state index in [2.05, 4.69) is 39.9 Å². The van der Waals surface area contributed by atoms with Crippen LogP contribution in [0.15, 0.2) is 0 Å². The van der Waals surface area contributed by atoms with E-state index in [1.165, 1.54) is 19.3 Å². The molecule has 0 aromatic carbocycles. The number of likely N-dealkylation sites (N-methyl/N-ethyl adjacent to an activating group) is 1. The van der Waals surface area contributed by atoms with Gasteiger partial charge in [0.25, 0.3) is 0 Å². The zero-order chi connectivity index (χ0) is 12.2. The van der Waals surface area contributed by atoms with Gasteiger partial charge in [-0.1, -0.05) is 34.6 Å². The van der Waals surface area contributed by atoms with Gasteiger partial charge in [-0.2, -0.15) is 0 Å². The molecule has 96 valence electrons. The summed E-state index contributed by atoms with van der Waals surface area (Å²) in [5, 5.41) is 3.57. The van der Waals surface area contributed by atoms with Crippen LogP contribution in [0.1, 0.15) is 53.9 Å². The average Bonchev–Trinajstić information content (AvgIpc) is 2.18. The molecule has 2 nitrogen and oxygen atoms in total. The van der Waals surface area contributed by atoms with Crippen molar-refractivity contribution >= 4 is 0 Å². The lowest BCUT2D eigenvalue weighted by molar-refractivity contribution is -0.0374. The topological polar surface area (TPSA) is 21.3 Å². The zero-order valence-electron chi connectivity index (χ0n) is 11.7. The third kappa shape index (κ3) is 4.42. The van der Waals surface area contributed by atoms with Crippen molar-refractivity contribution in [3.05, 3.63) is 0 Å². The van der Waals surface area contributed by atoms with Gasteiger partial charge < -0.3 is 10.1 Å². The summed E-state index contributed by atoms with van der Waals surface area (Å²) >= 11 is 0. The summed E-state index contributed by atoms with van der Waals surface area (Å²) in [6.07, 6.45) is 4.17. The molecule has 1 N–H and O–H groups in total. The van der Waals surface area contributed by atoms with E-state index in [9.17, 15) is 0 Å². The molecule has 0 spiro atoms. The van der Waals surface area contributed by atoms with Gasteiger partial charge in [0.2, 0.25) is 0 Å². The van der Waals surface area contributed by atoms with Crippen LogP contribution in [0.5, 0.6) is 0 Å². The van der Waals surface area contributed by atoms with E-state index in [-0.39, 0.29) is 0 Å². The van der Waals surface area contributed by atoms with Gasteiger partial charge in [0.05, 0.1) is 6.10 Å². The Hall–Kier alpha value is -0.0800. The van der Waals surface area contributed by atoms with Crippen LogP contribution in [-0.4, -0.2) is 25.3 Å². The van der Waals surface area contributed by atoms with E-state index >= 15 is 0 Å². The van der Waals surface area contributed by atoms with Gasteiger partial charge in [0.1, 0.15) is 0 Å². The first kappa shape index (κ1) is 14.0. The fraction of sp³-hybridized carbons (Fsp3) is 1.00. The maximum Gasteiger partial charge on any atom is 0.0733 e. The Kier molecular flexibility index (Phi) is 5.26. The number of hydrogen-bond acceptors (Lipinski definition) is 2. The Labute approximate surface area is 101 Å². The molecule has 0 saturated heterocycles. The molecular formula is C14H29NO. The number of rotatable bonds is 5.